The number of halogens is 1. The SMILES string of the molecule is Cc1ccc(C(=O)NC(c2ccc(Cl)cc2)c2cccs2)n1C. The molecule has 2 heterocycles. The fourth-order valence-corrected chi connectivity index (χ4v) is 3.40. The van der Waals surface area contributed by atoms with Crippen LogP contribution in [0, 0.1) is 6.92 Å². The van der Waals surface area contributed by atoms with Gasteiger partial charge in [0.05, 0.1) is 6.04 Å². The van der Waals surface area contributed by atoms with Crippen molar-refractivity contribution in [3.8, 4) is 0 Å². The van der Waals surface area contributed by atoms with Crippen LogP contribution in [0.5, 0.6) is 0 Å². The summed E-state index contributed by atoms with van der Waals surface area (Å²) in [6, 6.07) is 15.2. The first-order valence-corrected chi connectivity index (χ1v) is 8.54. The standard InChI is InChI=1S/C18H17ClN2OS/c1-12-5-10-15(21(12)2)18(22)20-17(16-4-3-11-23-16)13-6-8-14(19)9-7-13/h3-11,17H,1-2H3,(H,20,22). The molecule has 3 rings (SSSR count). The molecule has 0 radical (unpaired) electrons. The van der Waals surface area contributed by atoms with Crippen molar-refractivity contribution in [1.29, 1.82) is 0 Å². The maximum absolute atomic E-state index is 12.7. The minimum Gasteiger partial charge on any atom is -0.344 e. The monoisotopic (exact) mass is 344 g/mol. The lowest BCUT2D eigenvalue weighted by molar-refractivity contribution is 0.0935. The Morgan fingerprint density at radius 1 is 1.17 bits per heavy atom. The molecule has 5 heteroatoms. The quantitative estimate of drug-likeness (QED) is 0.739. The minimum atomic E-state index is -0.185. The molecule has 0 aliphatic carbocycles. The van der Waals surface area contributed by atoms with Crippen LogP contribution in [-0.2, 0) is 7.05 Å². The number of amides is 1. The number of nitrogens with zero attached hydrogens (tertiary/aromatic N) is 1. The van der Waals surface area contributed by atoms with Crippen molar-refractivity contribution in [2.45, 2.75) is 13.0 Å². The van der Waals surface area contributed by atoms with Crippen LogP contribution in [0.4, 0.5) is 0 Å². The Labute approximate surface area is 144 Å². The maximum atomic E-state index is 12.7. The van der Waals surface area contributed by atoms with Crippen LogP contribution in [0.2, 0.25) is 5.02 Å². The van der Waals surface area contributed by atoms with Crippen LogP contribution < -0.4 is 5.32 Å². The zero-order valence-electron chi connectivity index (χ0n) is 12.9. The van der Waals surface area contributed by atoms with Crippen LogP contribution in [0.1, 0.15) is 32.7 Å². The van der Waals surface area contributed by atoms with Gasteiger partial charge in [-0.2, -0.15) is 0 Å². The van der Waals surface area contributed by atoms with Gasteiger partial charge in [0.2, 0.25) is 0 Å². The van der Waals surface area contributed by atoms with Gasteiger partial charge in [-0.1, -0.05) is 29.8 Å². The number of nitrogens with one attached hydrogen (secondary N) is 1. The smallest absolute Gasteiger partial charge is 0.268 e. The largest absolute Gasteiger partial charge is 0.344 e. The Balaban J connectivity index is 1.92. The second-order valence-electron chi connectivity index (χ2n) is 5.39. The molecule has 2 aromatic heterocycles. The Hall–Kier alpha value is -2.04. The summed E-state index contributed by atoms with van der Waals surface area (Å²) in [5.74, 6) is -0.0889. The topological polar surface area (TPSA) is 34.0 Å². The minimum absolute atomic E-state index is 0.0889. The average molecular weight is 345 g/mol. The zero-order valence-corrected chi connectivity index (χ0v) is 14.5. The van der Waals surface area contributed by atoms with Gasteiger partial charge in [-0.05, 0) is 48.2 Å². The molecule has 3 aromatic rings. The lowest BCUT2D eigenvalue weighted by Gasteiger charge is -2.18. The first-order chi connectivity index (χ1) is 11.1. The van der Waals surface area contributed by atoms with Crippen LogP contribution >= 0.6 is 22.9 Å². The van der Waals surface area contributed by atoms with E-state index in [0.29, 0.717) is 10.7 Å². The fourth-order valence-electron chi connectivity index (χ4n) is 2.48. The third kappa shape index (κ3) is 3.33. The Kier molecular flexibility index (Phi) is 4.55. The Morgan fingerprint density at radius 3 is 2.48 bits per heavy atom. The fraction of sp³-hybridized carbons (Fsp3) is 0.167. The number of hydrogen-bond acceptors (Lipinski definition) is 2. The van der Waals surface area contributed by atoms with E-state index < -0.39 is 0 Å². The number of aryl methyl sites for hydroxylation is 1. The van der Waals surface area contributed by atoms with Gasteiger partial charge in [-0.25, -0.2) is 0 Å². The highest BCUT2D eigenvalue weighted by Crippen LogP contribution is 2.27. The Morgan fingerprint density at radius 2 is 1.91 bits per heavy atom. The molecule has 0 spiro atoms. The number of hydrogen-bond donors (Lipinski definition) is 1. The molecule has 1 unspecified atom stereocenters. The van der Waals surface area contributed by atoms with Gasteiger partial charge in [0.15, 0.2) is 0 Å². The van der Waals surface area contributed by atoms with Gasteiger partial charge < -0.3 is 9.88 Å². The second kappa shape index (κ2) is 6.60. The summed E-state index contributed by atoms with van der Waals surface area (Å²) in [7, 11) is 1.90. The highest BCUT2D eigenvalue weighted by atomic mass is 35.5. The summed E-state index contributed by atoms with van der Waals surface area (Å²) in [6.07, 6.45) is 0. The molecule has 3 nitrogen and oxygen atoms in total. The summed E-state index contributed by atoms with van der Waals surface area (Å²) < 4.78 is 1.89. The normalized spacial score (nSPS) is 12.1. The molecule has 1 atom stereocenters. The molecule has 0 aliphatic heterocycles. The number of thiophene rings is 1. The zero-order chi connectivity index (χ0) is 16.4. The Bertz CT molecular complexity index is 806. The number of benzene rings is 1. The number of carbonyl (C=O) groups is 1. The predicted octanol–water partition coefficient (Wildman–Crippen LogP) is 4.57. The van der Waals surface area contributed by atoms with E-state index in [0.717, 1.165) is 16.1 Å². The molecule has 1 amide bonds. The number of carbonyl (C=O) groups excluding carboxylic acids is 1. The van der Waals surface area contributed by atoms with Gasteiger partial charge in [-0.15, -0.1) is 11.3 Å². The highest BCUT2D eigenvalue weighted by Gasteiger charge is 2.20. The van der Waals surface area contributed by atoms with Gasteiger partial charge in [0.1, 0.15) is 5.69 Å². The molecule has 0 saturated carbocycles. The summed E-state index contributed by atoms with van der Waals surface area (Å²) in [4.78, 5) is 13.8. The van der Waals surface area contributed by atoms with E-state index in [1.54, 1.807) is 11.3 Å². The lowest BCUT2D eigenvalue weighted by atomic mass is 10.1. The second-order valence-corrected chi connectivity index (χ2v) is 6.81. The van der Waals surface area contributed by atoms with Gasteiger partial charge >= 0.3 is 0 Å². The van der Waals surface area contributed by atoms with Crippen LogP contribution in [0.3, 0.4) is 0 Å². The molecule has 0 aliphatic rings. The van der Waals surface area contributed by atoms with Crippen molar-refractivity contribution in [3.63, 3.8) is 0 Å². The van der Waals surface area contributed by atoms with Gasteiger partial charge in [0, 0.05) is 22.6 Å². The van der Waals surface area contributed by atoms with Crippen molar-refractivity contribution < 1.29 is 4.79 Å². The number of aromatic nitrogens is 1. The van der Waals surface area contributed by atoms with Gasteiger partial charge in [-0.3, -0.25) is 4.79 Å². The summed E-state index contributed by atoms with van der Waals surface area (Å²) >= 11 is 7.60. The molecule has 1 aromatic carbocycles. The molecular weight excluding hydrogens is 328 g/mol. The molecule has 0 bridgehead atoms. The molecule has 0 fully saturated rings. The first-order valence-electron chi connectivity index (χ1n) is 7.28. The van der Waals surface area contributed by atoms with E-state index >= 15 is 0 Å². The van der Waals surface area contributed by atoms with Crippen LogP contribution in [-0.4, -0.2) is 10.5 Å². The van der Waals surface area contributed by atoms with Crippen molar-refractivity contribution in [2.75, 3.05) is 0 Å². The third-order valence-electron chi connectivity index (χ3n) is 3.91. The average Bonchev–Trinajstić information content (AvgIpc) is 3.17. The van der Waals surface area contributed by atoms with Crippen molar-refractivity contribution >= 4 is 28.8 Å². The van der Waals surface area contributed by atoms with Crippen LogP contribution in [0.15, 0.2) is 53.9 Å². The maximum Gasteiger partial charge on any atom is 0.268 e. The molecule has 23 heavy (non-hydrogen) atoms. The van der Waals surface area contributed by atoms with E-state index in [1.807, 2.05) is 72.4 Å². The third-order valence-corrected chi connectivity index (χ3v) is 5.10. The van der Waals surface area contributed by atoms with Crippen molar-refractivity contribution in [3.05, 3.63) is 80.8 Å². The number of rotatable bonds is 4. The van der Waals surface area contributed by atoms with E-state index in [1.165, 1.54) is 0 Å². The van der Waals surface area contributed by atoms with E-state index in [9.17, 15) is 4.79 Å². The molecular formula is C18H17ClN2OS. The molecule has 0 saturated heterocycles. The molecule has 118 valence electrons. The summed E-state index contributed by atoms with van der Waals surface area (Å²) in [5, 5.41) is 5.83. The van der Waals surface area contributed by atoms with Crippen molar-refractivity contribution in [1.82, 2.24) is 9.88 Å². The van der Waals surface area contributed by atoms with Crippen LogP contribution in [0.25, 0.3) is 0 Å². The summed E-state index contributed by atoms with van der Waals surface area (Å²) in [5.41, 5.74) is 2.71. The summed E-state index contributed by atoms with van der Waals surface area (Å²) in [6.45, 7) is 1.98. The predicted molar refractivity (Wildman–Crippen MR) is 95.2 cm³/mol. The first kappa shape index (κ1) is 15.8. The van der Waals surface area contributed by atoms with Gasteiger partial charge in [0.25, 0.3) is 5.91 Å². The van der Waals surface area contributed by atoms with E-state index in [4.69, 9.17) is 11.6 Å². The van der Waals surface area contributed by atoms with Crippen molar-refractivity contribution in [2.24, 2.45) is 7.05 Å². The van der Waals surface area contributed by atoms with E-state index in [-0.39, 0.29) is 11.9 Å². The van der Waals surface area contributed by atoms with E-state index in [2.05, 4.69) is 5.32 Å². The molecule has 1 N–H and O–H groups in total. The highest BCUT2D eigenvalue weighted by molar-refractivity contribution is 7.10. The lowest BCUT2D eigenvalue weighted by Crippen LogP contribution is -2.30.